The summed E-state index contributed by atoms with van der Waals surface area (Å²) in [5, 5.41) is 157. The lowest BCUT2D eigenvalue weighted by Crippen LogP contribution is -2.67. The fourth-order valence-corrected chi connectivity index (χ4v) is 7.44. The highest BCUT2D eigenvalue weighted by molar-refractivity contribution is 4.98. The van der Waals surface area contributed by atoms with E-state index in [0.717, 1.165) is 0 Å². The summed E-state index contributed by atoms with van der Waals surface area (Å²) in [4.78, 5) is 0. The first kappa shape index (κ1) is 47.1. The van der Waals surface area contributed by atoms with E-state index in [9.17, 15) is 76.6 Å². The summed E-state index contributed by atoms with van der Waals surface area (Å²) in [6.07, 6.45) is -40.5. The van der Waals surface area contributed by atoms with E-state index in [1.165, 1.54) is 14.0 Å². The van der Waals surface area contributed by atoms with Gasteiger partial charge >= 0.3 is 0 Å². The quantitative estimate of drug-likeness (QED) is 0.0772. The molecule has 5 heterocycles. The minimum absolute atomic E-state index is 0.745. The van der Waals surface area contributed by atoms with Crippen molar-refractivity contribution in [2.75, 3.05) is 40.1 Å². The number of rotatable bonds is 14. The summed E-state index contributed by atoms with van der Waals surface area (Å²) in [6.45, 7) is -2.76. The van der Waals surface area contributed by atoms with Gasteiger partial charge in [-0.25, -0.2) is 0 Å². The highest BCUT2D eigenvalue weighted by Crippen LogP contribution is 2.37. The summed E-state index contributed by atoms with van der Waals surface area (Å²) in [6, 6.07) is 0. The van der Waals surface area contributed by atoms with Crippen molar-refractivity contribution in [2.45, 2.75) is 154 Å². The van der Waals surface area contributed by atoms with Crippen LogP contribution in [0.15, 0.2) is 0 Å². The summed E-state index contributed by atoms with van der Waals surface area (Å²) in [5.74, 6) is -1.11. The average molecular weight is 841 g/mol. The van der Waals surface area contributed by atoms with E-state index >= 15 is 0 Å². The Morgan fingerprint density at radius 3 is 1.14 bits per heavy atom. The Morgan fingerprint density at radius 1 is 0.333 bits per heavy atom. The maximum absolute atomic E-state index is 11.4. The van der Waals surface area contributed by atoms with E-state index in [-0.39, 0.29) is 0 Å². The van der Waals surface area contributed by atoms with Crippen LogP contribution in [0.3, 0.4) is 0 Å². The number of aliphatic hydroxyl groups excluding tert-OH is 15. The largest absolute Gasteiger partial charge is 0.394 e. The minimum Gasteiger partial charge on any atom is -0.394 e. The molecule has 0 aliphatic carbocycles. The maximum Gasteiger partial charge on any atom is 0.187 e. The van der Waals surface area contributed by atoms with Crippen molar-refractivity contribution < 1.29 is 124 Å². The summed E-state index contributed by atoms with van der Waals surface area (Å²) in [7, 11) is 1.18. The van der Waals surface area contributed by atoms with Gasteiger partial charge in [0.1, 0.15) is 110 Å². The Bertz CT molecular complexity index is 1220. The van der Waals surface area contributed by atoms with Crippen LogP contribution in [0.4, 0.5) is 0 Å². The lowest BCUT2D eigenvalue weighted by Gasteiger charge is -2.50. The predicted molar refractivity (Wildman–Crippen MR) is 174 cm³/mol. The molecule has 0 aromatic carbocycles. The van der Waals surface area contributed by atoms with Gasteiger partial charge in [-0.05, 0) is 0 Å². The number of aliphatic hydroxyl groups is 15. The molecule has 5 saturated heterocycles. The number of hydrogen-bond acceptors (Lipinski definition) is 25. The molecule has 10 unspecified atom stereocenters. The van der Waals surface area contributed by atoms with Gasteiger partial charge in [0.2, 0.25) is 0 Å². The zero-order valence-electron chi connectivity index (χ0n) is 30.8. The third-order valence-corrected chi connectivity index (χ3v) is 10.9. The molecule has 0 aromatic heterocycles. The summed E-state index contributed by atoms with van der Waals surface area (Å²) >= 11 is 0. The lowest BCUT2D eigenvalue weighted by atomic mass is 9.91. The SMILES string of the molecule is CO[C@@H]1OC(CO)[C@@H](O[C@@H]2OC(CO)[C@H](O[C@H]3OC(CO)[C@H](O)[C@H](O[C@@H]4OC(CO)[C@H](O)C(O[C@@H]5OC(CO)[C@H](O)C(O)[C@@H]5O)[C@@H]4C)C3O)C(O)[C@@H]2O)C(O)[C@@H]1O. The van der Waals surface area contributed by atoms with E-state index < -0.39 is 186 Å². The van der Waals surface area contributed by atoms with Gasteiger partial charge in [-0.15, -0.1) is 0 Å². The molecule has 5 rings (SSSR count). The summed E-state index contributed by atoms with van der Waals surface area (Å²) in [5.41, 5.74) is 0. The van der Waals surface area contributed by atoms with E-state index in [1.54, 1.807) is 0 Å². The molecule has 0 bridgehead atoms. The second kappa shape index (κ2) is 20.2. The lowest BCUT2D eigenvalue weighted by molar-refractivity contribution is -0.391. The zero-order chi connectivity index (χ0) is 42.0. The molecule has 0 aromatic rings. The van der Waals surface area contributed by atoms with E-state index in [2.05, 4.69) is 0 Å². The van der Waals surface area contributed by atoms with Gasteiger partial charge in [0, 0.05) is 13.0 Å². The first-order valence-electron chi connectivity index (χ1n) is 18.3. The van der Waals surface area contributed by atoms with Crippen molar-refractivity contribution >= 4 is 0 Å². The molecule has 0 saturated carbocycles. The van der Waals surface area contributed by atoms with Crippen LogP contribution in [0.1, 0.15) is 6.92 Å². The molecule has 334 valence electrons. The maximum atomic E-state index is 11.4. The molecule has 25 nitrogen and oxygen atoms in total. The molecular weight excluding hydrogens is 784 g/mol. The highest BCUT2D eigenvalue weighted by atomic mass is 16.8. The van der Waals surface area contributed by atoms with Gasteiger partial charge in [0.25, 0.3) is 0 Å². The van der Waals surface area contributed by atoms with Crippen LogP contribution >= 0.6 is 0 Å². The van der Waals surface area contributed by atoms with Crippen LogP contribution in [0.25, 0.3) is 0 Å². The van der Waals surface area contributed by atoms with Crippen molar-refractivity contribution in [3.63, 3.8) is 0 Å². The normalized spacial score (nSPS) is 52.5. The van der Waals surface area contributed by atoms with Crippen LogP contribution in [-0.2, 0) is 47.4 Å². The van der Waals surface area contributed by atoms with Gasteiger partial charge in [0.05, 0.1) is 39.1 Å². The molecule has 0 amide bonds. The minimum atomic E-state index is -2.02. The Hall–Kier alpha value is -1.00. The van der Waals surface area contributed by atoms with Gasteiger partial charge in [0.15, 0.2) is 31.5 Å². The van der Waals surface area contributed by atoms with Gasteiger partial charge in [-0.1, -0.05) is 6.92 Å². The highest BCUT2D eigenvalue weighted by Gasteiger charge is 2.56. The van der Waals surface area contributed by atoms with Crippen LogP contribution in [0.5, 0.6) is 0 Å². The molecule has 5 aliphatic rings. The fourth-order valence-electron chi connectivity index (χ4n) is 7.44. The van der Waals surface area contributed by atoms with Crippen LogP contribution in [0.2, 0.25) is 0 Å². The first-order valence-corrected chi connectivity index (χ1v) is 18.3. The van der Waals surface area contributed by atoms with E-state index in [1.807, 2.05) is 0 Å². The molecule has 0 radical (unpaired) electrons. The van der Waals surface area contributed by atoms with E-state index in [4.69, 9.17) is 47.4 Å². The van der Waals surface area contributed by atoms with Crippen LogP contribution < -0.4 is 0 Å². The molecule has 0 spiro atoms. The first-order chi connectivity index (χ1) is 27.1. The van der Waals surface area contributed by atoms with Crippen molar-refractivity contribution in [3.8, 4) is 0 Å². The van der Waals surface area contributed by atoms with Crippen LogP contribution in [0, 0.1) is 5.92 Å². The molecule has 5 fully saturated rings. The predicted octanol–water partition coefficient (Wildman–Crippen LogP) is -10.00. The van der Waals surface area contributed by atoms with Crippen molar-refractivity contribution in [1.29, 1.82) is 0 Å². The molecular formula is C32H56O25. The Kier molecular flexibility index (Phi) is 16.7. The fraction of sp³-hybridized carbons (Fsp3) is 1.00. The van der Waals surface area contributed by atoms with Crippen molar-refractivity contribution in [2.24, 2.45) is 5.92 Å². The monoisotopic (exact) mass is 840 g/mol. The van der Waals surface area contributed by atoms with Crippen LogP contribution in [-0.4, -0.2) is 264 Å². The third-order valence-electron chi connectivity index (χ3n) is 10.9. The number of methoxy groups -OCH3 is 1. The summed E-state index contributed by atoms with van der Waals surface area (Å²) < 4.78 is 55.8. The Morgan fingerprint density at radius 2 is 0.667 bits per heavy atom. The second-order valence-electron chi connectivity index (χ2n) is 14.5. The molecule has 57 heavy (non-hydrogen) atoms. The molecule has 25 heteroatoms. The third kappa shape index (κ3) is 9.58. The average Bonchev–Trinajstić information content (AvgIpc) is 3.20. The number of hydrogen-bond donors (Lipinski definition) is 15. The number of ether oxygens (including phenoxy) is 10. The topological polar surface area (TPSA) is 396 Å². The van der Waals surface area contributed by atoms with Crippen molar-refractivity contribution in [3.05, 3.63) is 0 Å². The molecule has 25 atom stereocenters. The van der Waals surface area contributed by atoms with E-state index in [0.29, 0.717) is 0 Å². The second-order valence-corrected chi connectivity index (χ2v) is 14.5. The van der Waals surface area contributed by atoms with Crippen molar-refractivity contribution in [1.82, 2.24) is 0 Å². The molecule has 5 aliphatic heterocycles. The Labute approximate surface area is 324 Å². The standard InChI is InChI=1S/C32H56O25/c1-8-24(54-30-20(44)17(41)14(38)9(3-33)50-30)15(39)10(4-34)49-28(8)57-27-16(40)11(5-35)51-32(23(27)47)56-26-13(7-37)53-31(22(46)19(26)43)55-25-12(6-36)52-29(48-2)21(45)18(25)42/h8-47H,3-7H2,1-2H3/t8-,9?,10?,11?,12?,13?,14-,15-,16-,17?,18?,19?,20-,21-,22-,23?,24?,25+,26-,27-,28-,29+,30-,31-,32+/m0/s1. The Balaban J connectivity index is 1.30. The molecule has 15 N–H and O–H groups in total. The van der Waals surface area contributed by atoms with Gasteiger partial charge < -0.3 is 124 Å². The van der Waals surface area contributed by atoms with Gasteiger partial charge in [-0.3, -0.25) is 0 Å². The van der Waals surface area contributed by atoms with Gasteiger partial charge in [-0.2, -0.15) is 0 Å². The zero-order valence-corrected chi connectivity index (χ0v) is 30.8. The smallest absolute Gasteiger partial charge is 0.187 e.